The summed E-state index contributed by atoms with van der Waals surface area (Å²) in [5.74, 6) is 0.695. The van der Waals surface area contributed by atoms with Gasteiger partial charge < -0.3 is 14.7 Å². The first-order valence-electron chi connectivity index (χ1n) is 10.8. The van der Waals surface area contributed by atoms with Crippen molar-refractivity contribution in [2.75, 3.05) is 62.6 Å². The molecule has 1 saturated heterocycles. The monoisotopic (exact) mass is 466 g/mol. The van der Waals surface area contributed by atoms with Crippen LogP contribution in [0.4, 0.5) is 11.4 Å². The first kappa shape index (κ1) is 24.1. The molecule has 0 saturated carbocycles. The van der Waals surface area contributed by atoms with Crippen LogP contribution in [0.2, 0.25) is 5.15 Å². The summed E-state index contributed by atoms with van der Waals surface area (Å²) in [4.78, 5) is 11.2. The third-order valence-electron chi connectivity index (χ3n) is 6.30. The van der Waals surface area contributed by atoms with Gasteiger partial charge in [0.05, 0.1) is 17.1 Å². The molecule has 0 unspecified atom stereocenters. The van der Waals surface area contributed by atoms with E-state index in [1.54, 1.807) is 0 Å². The summed E-state index contributed by atoms with van der Waals surface area (Å²) in [6.45, 7) is 9.06. The number of benzene rings is 1. The van der Waals surface area contributed by atoms with Crippen molar-refractivity contribution in [2.45, 2.75) is 32.7 Å². The molecular formula is C23H35ClN4O2S. The number of aromatic nitrogens is 1. The number of anilines is 2. The maximum absolute atomic E-state index is 11.9. The fourth-order valence-electron chi connectivity index (χ4n) is 4.39. The molecule has 1 aliphatic rings. The van der Waals surface area contributed by atoms with Crippen LogP contribution >= 0.6 is 11.6 Å². The van der Waals surface area contributed by atoms with Crippen molar-refractivity contribution in [2.24, 2.45) is 5.92 Å². The van der Waals surface area contributed by atoms with Gasteiger partial charge in [-0.15, -0.1) is 0 Å². The van der Waals surface area contributed by atoms with Crippen molar-refractivity contribution in [3.8, 4) is 0 Å². The fraction of sp³-hybridized carbons (Fsp3) is 0.609. The molecule has 1 fully saturated rings. The predicted octanol–water partition coefficient (Wildman–Crippen LogP) is 3.88. The molecule has 0 amide bonds. The van der Waals surface area contributed by atoms with Crippen LogP contribution in [0.1, 0.15) is 32.3 Å². The second kappa shape index (κ2) is 9.12. The Balaban J connectivity index is 2.13. The Morgan fingerprint density at radius 2 is 1.87 bits per heavy atom. The smallest absolute Gasteiger partial charge is 0.147 e. The van der Waals surface area contributed by atoms with Crippen LogP contribution in [0, 0.1) is 5.92 Å². The summed E-state index contributed by atoms with van der Waals surface area (Å²) in [6.07, 6.45) is 3.19. The number of halogens is 1. The van der Waals surface area contributed by atoms with Crippen LogP contribution in [0.15, 0.2) is 18.3 Å². The number of rotatable bonds is 8. The summed E-state index contributed by atoms with van der Waals surface area (Å²) in [7, 11) is 3.27. The zero-order chi connectivity index (χ0) is 23.1. The maximum atomic E-state index is 11.9. The number of hydrogen-bond acceptors (Lipinski definition) is 6. The number of nitrogens with zero attached hydrogens (tertiary/aromatic N) is 4. The highest BCUT2D eigenvalue weighted by Crippen LogP contribution is 2.45. The third kappa shape index (κ3) is 5.26. The minimum absolute atomic E-state index is 0.134. The topological polar surface area (TPSA) is 56.8 Å². The number of hydrogen-bond donors (Lipinski definition) is 0. The van der Waals surface area contributed by atoms with Gasteiger partial charge in [-0.1, -0.05) is 25.4 Å². The van der Waals surface area contributed by atoms with Crippen molar-refractivity contribution >= 4 is 43.6 Å². The summed E-state index contributed by atoms with van der Waals surface area (Å²) >= 11 is 6.28. The van der Waals surface area contributed by atoms with E-state index in [0.717, 1.165) is 41.8 Å². The molecule has 3 rings (SSSR count). The molecule has 2 heterocycles. The van der Waals surface area contributed by atoms with Crippen LogP contribution in [0.5, 0.6) is 0 Å². The summed E-state index contributed by atoms with van der Waals surface area (Å²) < 4.78 is 23.7. The Morgan fingerprint density at radius 1 is 1.19 bits per heavy atom. The number of fused-ring (bicyclic) bond motifs is 1. The highest BCUT2D eigenvalue weighted by atomic mass is 35.5. The SMILES string of the molecule is CC(C)c1cc(N(C)CCN(C)C)c(N2C[C@H](CS(C)(=O)=O)[C@H]2C)c2cnc(Cl)cc12. The quantitative estimate of drug-likeness (QED) is 0.550. The molecule has 1 aromatic carbocycles. The van der Waals surface area contributed by atoms with Crippen molar-refractivity contribution in [1.82, 2.24) is 9.88 Å². The number of sulfone groups is 1. The van der Waals surface area contributed by atoms with Gasteiger partial charge in [0.1, 0.15) is 15.0 Å². The molecule has 2 atom stereocenters. The molecule has 1 aromatic heterocycles. The molecule has 31 heavy (non-hydrogen) atoms. The summed E-state index contributed by atoms with van der Waals surface area (Å²) in [5.41, 5.74) is 3.53. The number of likely N-dealkylation sites (N-methyl/N-ethyl adjacent to an activating group) is 2. The van der Waals surface area contributed by atoms with E-state index in [2.05, 4.69) is 67.7 Å². The standard InChI is InChI=1S/C23H35ClN4O2S/c1-15(2)18-10-21(27(6)9-8-26(4)5)23(20-12-25-22(24)11-19(18)20)28-13-17(16(28)3)14-31(7,29)30/h10-12,15-17H,8-9,13-14H2,1-7H3/t16-,17-/m1/s1. The molecule has 0 aliphatic carbocycles. The average molecular weight is 467 g/mol. The van der Waals surface area contributed by atoms with Gasteiger partial charge in [0, 0.05) is 56.5 Å². The van der Waals surface area contributed by atoms with Gasteiger partial charge in [0.2, 0.25) is 0 Å². The van der Waals surface area contributed by atoms with E-state index in [1.165, 1.54) is 11.8 Å². The third-order valence-corrected chi connectivity index (χ3v) is 7.54. The normalized spacial score (nSPS) is 19.4. The minimum atomic E-state index is -3.01. The second-order valence-electron chi connectivity index (χ2n) is 9.51. The van der Waals surface area contributed by atoms with E-state index in [9.17, 15) is 8.42 Å². The van der Waals surface area contributed by atoms with Crippen LogP contribution in [0.3, 0.4) is 0 Å². The maximum Gasteiger partial charge on any atom is 0.147 e. The Labute approximate surface area is 192 Å². The second-order valence-corrected chi connectivity index (χ2v) is 12.1. The van der Waals surface area contributed by atoms with E-state index in [-0.39, 0.29) is 17.7 Å². The zero-order valence-electron chi connectivity index (χ0n) is 19.7. The first-order valence-corrected chi connectivity index (χ1v) is 13.2. The van der Waals surface area contributed by atoms with Crippen LogP contribution < -0.4 is 9.80 Å². The summed E-state index contributed by atoms with van der Waals surface area (Å²) in [6, 6.07) is 4.38. The molecule has 0 spiro atoms. The van der Waals surface area contributed by atoms with Crippen LogP contribution in [0.25, 0.3) is 10.8 Å². The highest BCUT2D eigenvalue weighted by molar-refractivity contribution is 7.90. The van der Waals surface area contributed by atoms with Crippen molar-refractivity contribution in [3.63, 3.8) is 0 Å². The van der Waals surface area contributed by atoms with Gasteiger partial charge in [-0.25, -0.2) is 13.4 Å². The van der Waals surface area contributed by atoms with Crippen molar-refractivity contribution in [3.05, 3.63) is 29.0 Å². The van der Waals surface area contributed by atoms with Gasteiger partial charge in [0.25, 0.3) is 0 Å². The zero-order valence-corrected chi connectivity index (χ0v) is 21.3. The molecule has 172 valence electrons. The van der Waals surface area contributed by atoms with E-state index < -0.39 is 9.84 Å². The predicted molar refractivity (Wildman–Crippen MR) is 133 cm³/mol. The van der Waals surface area contributed by atoms with E-state index >= 15 is 0 Å². The van der Waals surface area contributed by atoms with Gasteiger partial charge in [-0.3, -0.25) is 0 Å². The first-order chi connectivity index (χ1) is 14.4. The van der Waals surface area contributed by atoms with Gasteiger partial charge in [0.15, 0.2) is 0 Å². The molecule has 2 aromatic rings. The highest BCUT2D eigenvalue weighted by Gasteiger charge is 2.39. The molecule has 6 nitrogen and oxygen atoms in total. The van der Waals surface area contributed by atoms with Crippen LogP contribution in [-0.4, -0.2) is 77.1 Å². The molecule has 0 bridgehead atoms. The van der Waals surface area contributed by atoms with Gasteiger partial charge in [-0.05, 0) is 50.0 Å². The average Bonchev–Trinajstić information content (AvgIpc) is 2.66. The Bertz CT molecular complexity index is 1060. The number of pyridine rings is 1. The van der Waals surface area contributed by atoms with Gasteiger partial charge >= 0.3 is 0 Å². The Morgan fingerprint density at radius 3 is 2.42 bits per heavy atom. The lowest BCUT2D eigenvalue weighted by atomic mass is 9.87. The fourth-order valence-corrected chi connectivity index (χ4v) is 5.71. The lowest BCUT2D eigenvalue weighted by Gasteiger charge is -2.49. The minimum Gasteiger partial charge on any atom is -0.372 e. The van der Waals surface area contributed by atoms with E-state index in [4.69, 9.17) is 11.6 Å². The summed E-state index contributed by atoms with van der Waals surface area (Å²) in [5, 5.41) is 2.68. The van der Waals surface area contributed by atoms with Crippen LogP contribution in [-0.2, 0) is 9.84 Å². The largest absolute Gasteiger partial charge is 0.372 e. The Hall–Kier alpha value is -1.57. The molecule has 1 aliphatic heterocycles. The molecule has 0 radical (unpaired) electrons. The lowest BCUT2D eigenvalue weighted by molar-refractivity contribution is 0.342. The van der Waals surface area contributed by atoms with Crippen molar-refractivity contribution < 1.29 is 8.42 Å². The molecule has 8 heteroatoms. The Kier molecular flexibility index (Phi) is 7.08. The molecular weight excluding hydrogens is 432 g/mol. The van der Waals surface area contributed by atoms with Crippen molar-refractivity contribution in [1.29, 1.82) is 0 Å². The van der Waals surface area contributed by atoms with Gasteiger partial charge in [-0.2, -0.15) is 0 Å². The molecule has 0 N–H and O–H groups in total. The lowest BCUT2D eigenvalue weighted by Crippen LogP contribution is -2.57. The van der Waals surface area contributed by atoms with E-state index in [1.807, 2.05) is 12.3 Å². The van der Waals surface area contributed by atoms with E-state index in [0.29, 0.717) is 11.1 Å².